The molecule has 3 N–H and O–H groups in total. The summed E-state index contributed by atoms with van der Waals surface area (Å²) in [5.41, 5.74) is 5.47. The lowest BCUT2D eigenvalue weighted by atomic mass is 10.0. The second kappa shape index (κ2) is 7.55. The summed E-state index contributed by atoms with van der Waals surface area (Å²) in [7, 11) is 1.61. The molecule has 6 heteroatoms. The van der Waals surface area contributed by atoms with Crippen LogP contribution in [0.15, 0.2) is 42.5 Å². The molecule has 1 atom stereocenters. The molecule has 1 fully saturated rings. The highest BCUT2D eigenvalue weighted by molar-refractivity contribution is 5.79. The van der Waals surface area contributed by atoms with Crippen molar-refractivity contribution < 1.29 is 19.8 Å². The number of aliphatic hydroxyl groups excluding tert-OH is 1. The number of anilines is 1. The average Bonchev–Trinajstić information content (AvgIpc) is 3.01. The second-order valence-corrected chi connectivity index (χ2v) is 6.12. The number of hydrogen-bond acceptors (Lipinski definition) is 5. The minimum absolute atomic E-state index is 0.0149. The number of methoxy groups -OCH3 is 1. The van der Waals surface area contributed by atoms with E-state index in [1.165, 1.54) is 0 Å². The standard InChI is InChI=1S/C19H22N2O4/c1-25-18-7-5-13(11-21-16(12-22)6-8-19(21)23)9-17(18)14-3-2-4-15(10-14)20-24/h2-5,7,9-10,16,20,22,24H,6,8,11-12H2,1H3/t16-/m0/s1. The van der Waals surface area contributed by atoms with Gasteiger partial charge in [-0.1, -0.05) is 18.2 Å². The fourth-order valence-corrected chi connectivity index (χ4v) is 3.23. The molecule has 1 heterocycles. The maximum Gasteiger partial charge on any atom is 0.223 e. The average molecular weight is 342 g/mol. The van der Waals surface area contributed by atoms with Crippen molar-refractivity contribution in [1.82, 2.24) is 4.90 Å². The van der Waals surface area contributed by atoms with Crippen LogP contribution in [0.25, 0.3) is 11.1 Å². The van der Waals surface area contributed by atoms with E-state index >= 15 is 0 Å². The molecule has 1 saturated heterocycles. The summed E-state index contributed by atoms with van der Waals surface area (Å²) in [6.07, 6.45) is 1.18. The van der Waals surface area contributed by atoms with Crippen molar-refractivity contribution >= 4 is 11.6 Å². The van der Waals surface area contributed by atoms with Crippen molar-refractivity contribution in [2.75, 3.05) is 19.2 Å². The van der Waals surface area contributed by atoms with E-state index in [2.05, 4.69) is 5.48 Å². The molecule has 0 radical (unpaired) electrons. The van der Waals surface area contributed by atoms with Gasteiger partial charge in [0, 0.05) is 18.5 Å². The zero-order valence-corrected chi connectivity index (χ0v) is 14.1. The Hall–Kier alpha value is -2.57. The first-order chi connectivity index (χ1) is 12.2. The minimum Gasteiger partial charge on any atom is -0.496 e. The van der Waals surface area contributed by atoms with Gasteiger partial charge in [-0.3, -0.25) is 15.5 Å². The van der Waals surface area contributed by atoms with Crippen LogP contribution in [0, 0.1) is 0 Å². The number of nitrogens with one attached hydrogen (secondary N) is 1. The molecular formula is C19H22N2O4. The smallest absolute Gasteiger partial charge is 0.223 e. The van der Waals surface area contributed by atoms with Crippen LogP contribution in [-0.2, 0) is 11.3 Å². The molecular weight excluding hydrogens is 320 g/mol. The zero-order valence-electron chi connectivity index (χ0n) is 14.1. The number of ether oxygens (including phenoxy) is 1. The third-order valence-corrected chi connectivity index (χ3v) is 4.58. The lowest BCUT2D eigenvalue weighted by Crippen LogP contribution is -2.34. The van der Waals surface area contributed by atoms with E-state index < -0.39 is 0 Å². The van der Waals surface area contributed by atoms with Crippen LogP contribution in [0.5, 0.6) is 5.75 Å². The van der Waals surface area contributed by atoms with Gasteiger partial charge in [-0.15, -0.1) is 0 Å². The Balaban J connectivity index is 1.93. The third kappa shape index (κ3) is 3.60. The van der Waals surface area contributed by atoms with Gasteiger partial charge < -0.3 is 14.7 Å². The van der Waals surface area contributed by atoms with Crippen molar-refractivity contribution in [2.45, 2.75) is 25.4 Å². The van der Waals surface area contributed by atoms with E-state index in [0.717, 1.165) is 16.7 Å². The number of hydrogen-bond donors (Lipinski definition) is 3. The maximum atomic E-state index is 12.1. The summed E-state index contributed by atoms with van der Waals surface area (Å²) in [6.45, 7) is 0.442. The van der Waals surface area contributed by atoms with Gasteiger partial charge in [0.05, 0.1) is 25.4 Å². The molecule has 1 amide bonds. The lowest BCUT2D eigenvalue weighted by Gasteiger charge is -2.24. The van der Waals surface area contributed by atoms with E-state index in [-0.39, 0.29) is 18.6 Å². The van der Waals surface area contributed by atoms with Crippen LogP contribution in [0.3, 0.4) is 0 Å². The monoisotopic (exact) mass is 342 g/mol. The lowest BCUT2D eigenvalue weighted by molar-refractivity contribution is -0.130. The van der Waals surface area contributed by atoms with E-state index in [1.54, 1.807) is 18.1 Å². The van der Waals surface area contributed by atoms with Gasteiger partial charge in [0.15, 0.2) is 0 Å². The van der Waals surface area contributed by atoms with E-state index in [0.29, 0.717) is 30.8 Å². The Bertz CT molecular complexity index is 763. The third-order valence-electron chi connectivity index (χ3n) is 4.58. The molecule has 1 aliphatic rings. The van der Waals surface area contributed by atoms with Crippen LogP contribution in [0.2, 0.25) is 0 Å². The molecule has 0 aromatic heterocycles. The molecule has 0 spiro atoms. The van der Waals surface area contributed by atoms with Crippen LogP contribution >= 0.6 is 0 Å². The van der Waals surface area contributed by atoms with Crippen LogP contribution < -0.4 is 10.2 Å². The summed E-state index contributed by atoms with van der Waals surface area (Å²) in [5, 5.41) is 18.6. The van der Waals surface area contributed by atoms with E-state index in [9.17, 15) is 9.90 Å². The molecule has 0 aliphatic carbocycles. The number of rotatable bonds is 6. The first-order valence-corrected chi connectivity index (χ1v) is 8.24. The highest BCUT2D eigenvalue weighted by Crippen LogP contribution is 2.33. The Kier molecular flexibility index (Phi) is 5.21. The fourth-order valence-electron chi connectivity index (χ4n) is 3.23. The summed E-state index contributed by atoms with van der Waals surface area (Å²) < 4.78 is 5.46. The largest absolute Gasteiger partial charge is 0.496 e. The van der Waals surface area contributed by atoms with Gasteiger partial charge in [-0.2, -0.15) is 0 Å². The Labute approximate surface area is 146 Å². The van der Waals surface area contributed by atoms with Gasteiger partial charge in [-0.25, -0.2) is 0 Å². The SMILES string of the molecule is COc1ccc(CN2C(=O)CC[C@H]2CO)cc1-c1cccc(NO)c1. The second-order valence-electron chi connectivity index (χ2n) is 6.12. The minimum atomic E-state index is -0.111. The summed E-state index contributed by atoms with van der Waals surface area (Å²) in [4.78, 5) is 13.8. The summed E-state index contributed by atoms with van der Waals surface area (Å²) in [6, 6.07) is 13.0. The first kappa shape index (κ1) is 17.3. The van der Waals surface area contributed by atoms with Crippen molar-refractivity contribution in [2.24, 2.45) is 0 Å². The molecule has 1 aliphatic heterocycles. The zero-order chi connectivity index (χ0) is 17.8. The Morgan fingerprint density at radius 3 is 2.84 bits per heavy atom. The molecule has 2 aromatic carbocycles. The molecule has 132 valence electrons. The Morgan fingerprint density at radius 1 is 1.28 bits per heavy atom. The predicted octanol–water partition coefficient (Wildman–Crippen LogP) is 2.65. The van der Waals surface area contributed by atoms with Crippen molar-refractivity contribution in [3.63, 3.8) is 0 Å². The number of nitrogens with zero attached hydrogens (tertiary/aromatic N) is 1. The maximum absolute atomic E-state index is 12.1. The molecule has 0 unspecified atom stereocenters. The number of amides is 1. The van der Waals surface area contributed by atoms with E-state index in [1.807, 2.05) is 36.4 Å². The molecule has 0 bridgehead atoms. The highest BCUT2D eigenvalue weighted by atomic mass is 16.5. The molecule has 6 nitrogen and oxygen atoms in total. The number of benzene rings is 2. The van der Waals surface area contributed by atoms with Crippen molar-refractivity contribution in [3.8, 4) is 16.9 Å². The van der Waals surface area contributed by atoms with Gasteiger partial charge in [0.2, 0.25) is 5.91 Å². The first-order valence-electron chi connectivity index (χ1n) is 8.24. The number of aliphatic hydroxyl groups is 1. The predicted molar refractivity (Wildman–Crippen MR) is 94.5 cm³/mol. The number of likely N-dealkylation sites (tertiary alicyclic amines) is 1. The molecule has 2 aromatic rings. The van der Waals surface area contributed by atoms with Gasteiger partial charge >= 0.3 is 0 Å². The van der Waals surface area contributed by atoms with Crippen LogP contribution in [0.4, 0.5) is 5.69 Å². The van der Waals surface area contributed by atoms with Crippen molar-refractivity contribution in [3.05, 3.63) is 48.0 Å². The van der Waals surface area contributed by atoms with Gasteiger partial charge in [0.25, 0.3) is 0 Å². The highest BCUT2D eigenvalue weighted by Gasteiger charge is 2.30. The normalized spacial score (nSPS) is 17.0. The Morgan fingerprint density at radius 2 is 2.12 bits per heavy atom. The van der Waals surface area contributed by atoms with Gasteiger partial charge in [-0.05, 0) is 41.8 Å². The van der Waals surface area contributed by atoms with Gasteiger partial charge in [0.1, 0.15) is 5.75 Å². The number of carbonyl (C=O) groups is 1. The van der Waals surface area contributed by atoms with Crippen LogP contribution in [0.1, 0.15) is 18.4 Å². The topological polar surface area (TPSA) is 82.0 Å². The number of carbonyl (C=O) groups excluding carboxylic acids is 1. The molecule has 25 heavy (non-hydrogen) atoms. The van der Waals surface area contributed by atoms with E-state index in [4.69, 9.17) is 9.94 Å². The fraction of sp³-hybridized carbons (Fsp3) is 0.316. The van der Waals surface area contributed by atoms with Crippen molar-refractivity contribution in [1.29, 1.82) is 0 Å². The summed E-state index contributed by atoms with van der Waals surface area (Å²) >= 11 is 0. The van der Waals surface area contributed by atoms with Crippen LogP contribution in [-0.4, -0.2) is 40.9 Å². The molecule has 0 saturated carbocycles. The quantitative estimate of drug-likeness (QED) is 0.703. The summed E-state index contributed by atoms with van der Waals surface area (Å²) in [5.74, 6) is 0.785. The molecule has 3 rings (SSSR count).